The summed E-state index contributed by atoms with van der Waals surface area (Å²) in [6, 6.07) is 6.94. The number of aliphatic hydroxyl groups is 1. The van der Waals surface area contributed by atoms with Crippen molar-refractivity contribution in [2.24, 2.45) is 0 Å². The maximum absolute atomic E-state index is 9.15. The van der Waals surface area contributed by atoms with Crippen molar-refractivity contribution in [1.29, 1.82) is 0 Å². The van der Waals surface area contributed by atoms with Crippen LogP contribution in [0.3, 0.4) is 0 Å². The lowest BCUT2D eigenvalue weighted by atomic mass is 9.90. The third-order valence-corrected chi connectivity index (χ3v) is 3.44. The van der Waals surface area contributed by atoms with Crippen LogP contribution in [0.5, 0.6) is 0 Å². The summed E-state index contributed by atoms with van der Waals surface area (Å²) >= 11 is 0. The van der Waals surface area contributed by atoms with E-state index in [1.54, 1.807) is 11.1 Å². The number of benzene rings is 1. The number of aliphatic hydroxyl groups excluding tert-OH is 1. The van der Waals surface area contributed by atoms with Gasteiger partial charge in [0.25, 0.3) is 0 Å². The molecule has 17 heavy (non-hydrogen) atoms. The Bertz CT molecular complexity index is 360. The fourth-order valence-electron chi connectivity index (χ4n) is 2.49. The first-order valence-corrected chi connectivity index (χ1v) is 6.75. The molecule has 2 rings (SSSR count). The van der Waals surface area contributed by atoms with Crippen LogP contribution in [0, 0.1) is 0 Å². The van der Waals surface area contributed by atoms with Crippen LogP contribution in [0.15, 0.2) is 18.2 Å². The summed E-state index contributed by atoms with van der Waals surface area (Å²) in [6.45, 7) is 3.44. The zero-order valence-electron chi connectivity index (χ0n) is 10.7. The first-order chi connectivity index (χ1) is 8.25. The van der Waals surface area contributed by atoms with E-state index in [2.05, 4.69) is 23.5 Å². The van der Waals surface area contributed by atoms with Crippen LogP contribution in [0.25, 0.3) is 0 Å². The fraction of sp³-hybridized carbons (Fsp3) is 0.600. The second kappa shape index (κ2) is 6.18. The minimum Gasteiger partial charge on any atom is -0.392 e. The Morgan fingerprint density at radius 2 is 2.00 bits per heavy atom. The van der Waals surface area contributed by atoms with Gasteiger partial charge in [0.15, 0.2) is 0 Å². The predicted octanol–water partition coefficient (Wildman–Crippen LogP) is 2.08. The van der Waals surface area contributed by atoms with Gasteiger partial charge in [-0.3, -0.25) is 0 Å². The second-order valence-corrected chi connectivity index (χ2v) is 5.11. The lowest BCUT2D eigenvalue weighted by Gasteiger charge is -2.16. The minimum atomic E-state index is -0.251. The lowest BCUT2D eigenvalue weighted by Crippen LogP contribution is -2.26. The summed E-state index contributed by atoms with van der Waals surface area (Å²) in [5.41, 5.74) is 4.53. The topological polar surface area (TPSA) is 32.3 Å². The highest BCUT2D eigenvalue weighted by Gasteiger charge is 2.09. The number of hydrogen-bond acceptors (Lipinski definition) is 2. The van der Waals surface area contributed by atoms with Crippen LogP contribution in [0.2, 0.25) is 0 Å². The second-order valence-electron chi connectivity index (χ2n) is 5.11. The van der Waals surface area contributed by atoms with Gasteiger partial charge in [0.05, 0.1) is 6.10 Å². The van der Waals surface area contributed by atoms with E-state index in [9.17, 15) is 0 Å². The van der Waals surface area contributed by atoms with Crippen molar-refractivity contribution in [1.82, 2.24) is 5.32 Å². The molecule has 1 aliphatic carbocycles. The molecule has 0 aromatic heterocycles. The van der Waals surface area contributed by atoms with Gasteiger partial charge >= 0.3 is 0 Å². The molecule has 0 aliphatic heterocycles. The summed E-state index contributed by atoms with van der Waals surface area (Å²) in [5, 5.41) is 12.4. The van der Waals surface area contributed by atoms with Gasteiger partial charge in [-0.15, -0.1) is 0 Å². The van der Waals surface area contributed by atoms with Crippen molar-refractivity contribution >= 4 is 0 Å². The molecule has 0 fully saturated rings. The molecule has 0 saturated carbocycles. The summed E-state index contributed by atoms with van der Waals surface area (Å²) in [6.07, 6.45) is 6.01. The number of hydrogen-bond donors (Lipinski definition) is 2. The zero-order valence-corrected chi connectivity index (χ0v) is 10.7. The molecule has 0 radical (unpaired) electrons. The van der Waals surface area contributed by atoms with E-state index >= 15 is 0 Å². The SMILES string of the molecule is CC(O)CNCCc1ccc2c(c1)CCCC2. The molecule has 1 atom stereocenters. The van der Waals surface area contributed by atoms with Crippen molar-refractivity contribution in [3.63, 3.8) is 0 Å². The van der Waals surface area contributed by atoms with Gasteiger partial charge in [0, 0.05) is 6.54 Å². The van der Waals surface area contributed by atoms with Gasteiger partial charge in [-0.1, -0.05) is 18.2 Å². The van der Waals surface area contributed by atoms with E-state index < -0.39 is 0 Å². The maximum atomic E-state index is 9.15. The standard InChI is InChI=1S/C15H23NO/c1-12(17)11-16-9-8-13-6-7-14-4-2-3-5-15(14)10-13/h6-7,10,12,16-17H,2-5,8-9,11H2,1H3. The first-order valence-electron chi connectivity index (χ1n) is 6.75. The Balaban J connectivity index is 1.85. The van der Waals surface area contributed by atoms with E-state index in [0.717, 1.165) is 13.0 Å². The molecular formula is C15H23NO. The largest absolute Gasteiger partial charge is 0.392 e. The molecule has 0 amide bonds. The van der Waals surface area contributed by atoms with Gasteiger partial charge in [-0.25, -0.2) is 0 Å². The molecule has 0 heterocycles. The van der Waals surface area contributed by atoms with Gasteiger partial charge in [-0.2, -0.15) is 0 Å². The normalized spacial score (nSPS) is 16.6. The third kappa shape index (κ3) is 3.83. The Kier molecular flexibility index (Phi) is 4.57. The number of aryl methyl sites for hydroxylation is 2. The van der Waals surface area contributed by atoms with Gasteiger partial charge < -0.3 is 10.4 Å². The van der Waals surface area contributed by atoms with Crippen LogP contribution in [-0.2, 0) is 19.3 Å². The van der Waals surface area contributed by atoms with Crippen LogP contribution >= 0.6 is 0 Å². The first kappa shape index (κ1) is 12.6. The summed E-state index contributed by atoms with van der Waals surface area (Å²) in [5.74, 6) is 0. The smallest absolute Gasteiger partial charge is 0.0636 e. The van der Waals surface area contributed by atoms with Crippen LogP contribution in [0.4, 0.5) is 0 Å². The molecule has 1 aliphatic rings. The van der Waals surface area contributed by atoms with E-state index in [0.29, 0.717) is 6.54 Å². The number of rotatable bonds is 5. The monoisotopic (exact) mass is 233 g/mol. The highest BCUT2D eigenvalue weighted by atomic mass is 16.3. The van der Waals surface area contributed by atoms with Crippen molar-refractivity contribution in [3.05, 3.63) is 34.9 Å². The molecule has 0 bridgehead atoms. The van der Waals surface area contributed by atoms with Gasteiger partial charge in [0.2, 0.25) is 0 Å². The van der Waals surface area contributed by atoms with Crippen molar-refractivity contribution in [2.45, 2.75) is 45.1 Å². The van der Waals surface area contributed by atoms with Gasteiger partial charge in [-0.05, 0) is 62.3 Å². The molecule has 1 unspecified atom stereocenters. The summed E-state index contributed by atoms with van der Waals surface area (Å²) in [4.78, 5) is 0. The van der Waals surface area contributed by atoms with Gasteiger partial charge in [0.1, 0.15) is 0 Å². The summed E-state index contributed by atoms with van der Waals surface area (Å²) in [7, 11) is 0. The molecule has 2 heteroatoms. The quantitative estimate of drug-likeness (QED) is 0.763. The van der Waals surface area contributed by atoms with Crippen molar-refractivity contribution in [3.8, 4) is 0 Å². The lowest BCUT2D eigenvalue weighted by molar-refractivity contribution is 0.191. The molecular weight excluding hydrogens is 210 g/mol. The number of fused-ring (bicyclic) bond motifs is 1. The van der Waals surface area contributed by atoms with Crippen LogP contribution in [0.1, 0.15) is 36.5 Å². The molecule has 0 saturated heterocycles. The van der Waals surface area contributed by atoms with Crippen LogP contribution in [-0.4, -0.2) is 24.3 Å². The average molecular weight is 233 g/mol. The minimum absolute atomic E-state index is 0.251. The Labute approximate surface area is 104 Å². The Hall–Kier alpha value is -0.860. The Morgan fingerprint density at radius 3 is 2.76 bits per heavy atom. The zero-order chi connectivity index (χ0) is 12.1. The van der Waals surface area contributed by atoms with E-state index in [1.165, 1.54) is 31.2 Å². The van der Waals surface area contributed by atoms with E-state index in [-0.39, 0.29) is 6.10 Å². The average Bonchev–Trinajstić information content (AvgIpc) is 2.34. The molecule has 1 aromatic carbocycles. The molecule has 2 N–H and O–H groups in total. The highest BCUT2D eigenvalue weighted by molar-refractivity contribution is 5.33. The predicted molar refractivity (Wildman–Crippen MR) is 71.3 cm³/mol. The molecule has 1 aromatic rings. The molecule has 94 valence electrons. The van der Waals surface area contributed by atoms with Crippen molar-refractivity contribution in [2.75, 3.05) is 13.1 Å². The maximum Gasteiger partial charge on any atom is 0.0636 e. The third-order valence-electron chi connectivity index (χ3n) is 3.44. The summed E-state index contributed by atoms with van der Waals surface area (Å²) < 4.78 is 0. The highest BCUT2D eigenvalue weighted by Crippen LogP contribution is 2.22. The van der Waals surface area contributed by atoms with E-state index in [4.69, 9.17) is 5.11 Å². The Morgan fingerprint density at radius 1 is 1.24 bits per heavy atom. The number of nitrogens with one attached hydrogen (secondary N) is 1. The van der Waals surface area contributed by atoms with Crippen LogP contribution < -0.4 is 5.32 Å². The van der Waals surface area contributed by atoms with Crippen molar-refractivity contribution < 1.29 is 5.11 Å². The molecule has 0 spiro atoms. The van der Waals surface area contributed by atoms with E-state index in [1.807, 2.05) is 6.92 Å². The fourth-order valence-corrected chi connectivity index (χ4v) is 2.49. The molecule has 2 nitrogen and oxygen atoms in total.